The molecule has 12 heavy (non-hydrogen) atoms. The van der Waals surface area contributed by atoms with Crippen molar-refractivity contribution in [3.05, 3.63) is 20.8 Å². The number of carboxylic acid groups (broad SMARTS) is 1. The van der Waals surface area contributed by atoms with E-state index < -0.39 is 11.4 Å². The molecule has 0 aromatic carbocycles. The first-order valence-electron chi connectivity index (χ1n) is 3.63. The van der Waals surface area contributed by atoms with Crippen molar-refractivity contribution < 1.29 is 9.90 Å². The largest absolute Gasteiger partial charge is 0.481 e. The minimum absolute atomic E-state index is 0.531. The lowest BCUT2D eigenvalue weighted by molar-refractivity contribution is -0.139. The highest BCUT2D eigenvalue weighted by Crippen LogP contribution is 2.50. The summed E-state index contributed by atoms with van der Waals surface area (Å²) in [4.78, 5) is 11.9. The van der Waals surface area contributed by atoms with Crippen molar-refractivity contribution in [2.24, 2.45) is 0 Å². The monoisotopic (exact) mass is 246 g/mol. The Morgan fingerprint density at radius 1 is 1.67 bits per heavy atom. The van der Waals surface area contributed by atoms with Crippen molar-refractivity contribution >= 4 is 33.2 Å². The summed E-state index contributed by atoms with van der Waals surface area (Å²) in [6, 6.07) is 1.91. The first-order valence-corrected chi connectivity index (χ1v) is 5.30. The third kappa shape index (κ3) is 1.10. The van der Waals surface area contributed by atoms with Gasteiger partial charge in [-0.25, -0.2) is 0 Å². The van der Waals surface area contributed by atoms with Crippen LogP contribution < -0.4 is 0 Å². The minimum Gasteiger partial charge on any atom is -0.481 e. The van der Waals surface area contributed by atoms with E-state index >= 15 is 0 Å². The molecule has 0 atom stereocenters. The number of hydrogen-bond acceptors (Lipinski definition) is 2. The maximum Gasteiger partial charge on any atom is 0.314 e. The van der Waals surface area contributed by atoms with Crippen LogP contribution >= 0.6 is 27.3 Å². The van der Waals surface area contributed by atoms with Crippen LogP contribution in [0.4, 0.5) is 0 Å². The molecule has 0 spiro atoms. The maximum atomic E-state index is 10.9. The van der Waals surface area contributed by atoms with Crippen molar-refractivity contribution in [2.75, 3.05) is 0 Å². The van der Waals surface area contributed by atoms with Gasteiger partial charge in [-0.2, -0.15) is 0 Å². The number of carbonyl (C=O) groups is 1. The molecule has 1 saturated carbocycles. The summed E-state index contributed by atoms with van der Waals surface area (Å²) in [5.41, 5.74) is -0.531. The Morgan fingerprint density at radius 3 is 2.67 bits per heavy atom. The van der Waals surface area contributed by atoms with Crippen molar-refractivity contribution in [1.82, 2.24) is 0 Å². The van der Waals surface area contributed by atoms with E-state index in [0.717, 1.165) is 22.2 Å². The van der Waals surface area contributed by atoms with Crippen LogP contribution in [-0.2, 0) is 10.2 Å². The molecule has 0 aliphatic heterocycles. The second-order valence-electron chi connectivity index (χ2n) is 3.02. The van der Waals surface area contributed by atoms with E-state index in [1.807, 2.05) is 11.4 Å². The summed E-state index contributed by atoms with van der Waals surface area (Å²) in [5, 5.41) is 10.9. The molecule has 2 rings (SSSR count). The summed E-state index contributed by atoms with van der Waals surface area (Å²) >= 11 is 4.84. The predicted octanol–water partition coefficient (Wildman–Crippen LogP) is 2.63. The first-order chi connectivity index (χ1) is 5.65. The van der Waals surface area contributed by atoms with Crippen LogP contribution in [0.25, 0.3) is 0 Å². The molecule has 0 saturated heterocycles. The molecule has 4 heteroatoms. The van der Waals surface area contributed by atoms with E-state index in [2.05, 4.69) is 15.9 Å². The Hall–Kier alpha value is -0.350. The Labute approximate surface area is 82.3 Å². The van der Waals surface area contributed by atoms with Gasteiger partial charge in [0.25, 0.3) is 0 Å². The molecular weight excluding hydrogens is 240 g/mol. The molecule has 0 bridgehead atoms. The molecule has 0 amide bonds. The van der Waals surface area contributed by atoms with Gasteiger partial charge in [0, 0.05) is 14.7 Å². The van der Waals surface area contributed by atoms with Gasteiger partial charge in [0.1, 0.15) is 5.41 Å². The third-order valence-corrected chi connectivity index (χ3v) is 4.09. The fourth-order valence-corrected chi connectivity index (χ4v) is 2.94. The lowest BCUT2D eigenvalue weighted by atomic mass is 10.1. The second kappa shape index (κ2) is 2.57. The van der Waals surface area contributed by atoms with Gasteiger partial charge in [0.15, 0.2) is 0 Å². The van der Waals surface area contributed by atoms with Crippen LogP contribution in [0.1, 0.15) is 17.7 Å². The second-order valence-corrected chi connectivity index (χ2v) is 4.84. The highest BCUT2D eigenvalue weighted by atomic mass is 79.9. The van der Waals surface area contributed by atoms with Crippen LogP contribution in [0.3, 0.4) is 0 Å². The first kappa shape index (κ1) is 8.26. The van der Waals surface area contributed by atoms with E-state index in [9.17, 15) is 4.79 Å². The molecule has 1 aromatic rings. The number of hydrogen-bond donors (Lipinski definition) is 1. The standard InChI is InChI=1S/C8H7BrO2S/c9-5-3-6(12-4-5)8(1-2-8)7(10)11/h3-4H,1-2H2,(H,10,11). The zero-order valence-corrected chi connectivity index (χ0v) is 8.61. The lowest BCUT2D eigenvalue weighted by Crippen LogP contribution is -2.17. The highest BCUT2D eigenvalue weighted by molar-refractivity contribution is 9.10. The Morgan fingerprint density at radius 2 is 2.33 bits per heavy atom. The summed E-state index contributed by atoms with van der Waals surface area (Å²) in [6.07, 6.45) is 1.57. The zero-order chi connectivity index (χ0) is 8.77. The van der Waals surface area contributed by atoms with Crippen LogP contribution in [0, 0.1) is 0 Å². The maximum absolute atomic E-state index is 10.9. The lowest BCUT2D eigenvalue weighted by Gasteiger charge is -2.04. The van der Waals surface area contributed by atoms with Crippen LogP contribution in [0.5, 0.6) is 0 Å². The summed E-state index contributed by atoms with van der Waals surface area (Å²) in [5.74, 6) is -0.683. The van der Waals surface area contributed by atoms with Crippen LogP contribution in [-0.4, -0.2) is 11.1 Å². The topological polar surface area (TPSA) is 37.3 Å². The predicted molar refractivity (Wildman–Crippen MR) is 50.6 cm³/mol. The van der Waals surface area contributed by atoms with E-state index in [0.29, 0.717) is 0 Å². The van der Waals surface area contributed by atoms with Gasteiger partial charge in [-0.05, 0) is 34.8 Å². The summed E-state index contributed by atoms with van der Waals surface area (Å²) in [6.45, 7) is 0. The molecule has 1 heterocycles. The van der Waals surface area contributed by atoms with Crippen molar-refractivity contribution in [2.45, 2.75) is 18.3 Å². The quantitative estimate of drug-likeness (QED) is 0.872. The van der Waals surface area contributed by atoms with Crippen molar-refractivity contribution in [3.8, 4) is 0 Å². The summed E-state index contributed by atoms with van der Waals surface area (Å²) in [7, 11) is 0. The SMILES string of the molecule is O=C(O)C1(c2cc(Br)cs2)CC1. The molecule has 1 aromatic heterocycles. The molecule has 0 unspecified atom stereocenters. The van der Waals surface area contributed by atoms with Gasteiger partial charge in [-0.15, -0.1) is 11.3 Å². The molecule has 2 nitrogen and oxygen atoms in total. The van der Waals surface area contributed by atoms with Crippen molar-refractivity contribution in [1.29, 1.82) is 0 Å². The van der Waals surface area contributed by atoms with E-state index in [1.165, 1.54) is 11.3 Å². The third-order valence-electron chi connectivity index (χ3n) is 2.20. The van der Waals surface area contributed by atoms with Crippen LogP contribution in [0.15, 0.2) is 15.9 Å². The average Bonchev–Trinajstić information content (AvgIpc) is 2.71. The fraction of sp³-hybridized carbons (Fsp3) is 0.375. The zero-order valence-electron chi connectivity index (χ0n) is 6.21. The molecular formula is C8H7BrO2S. The number of aliphatic carboxylic acids is 1. The molecule has 64 valence electrons. The van der Waals surface area contributed by atoms with Gasteiger partial charge >= 0.3 is 5.97 Å². The van der Waals surface area contributed by atoms with Gasteiger partial charge in [0.05, 0.1) is 0 Å². The van der Waals surface area contributed by atoms with E-state index in [-0.39, 0.29) is 0 Å². The fourth-order valence-electron chi connectivity index (χ4n) is 1.25. The normalized spacial score (nSPS) is 19.1. The van der Waals surface area contributed by atoms with Gasteiger partial charge < -0.3 is 5.11 Å². The highest BCUT2D eigenvalue weighted by Gasteiger charge is 2.52. The van der Waals surface area contributed by atoms with Gasteiger partial charge in [-0.1, -0.05) is 0 Å². The molecule has 1 aliphatic rings. The van der Waals surface area contributed by atoms with Crippen LogP contribution in [0.2, 0.25) is 0 Å². The Bertz CT molecular complexity index is 328. The van der Waals surface area contributed by atoms with E-state index in [1.54, 1.807) is 0 Å². The molecule has 1 N–H and O–H groups in total. The minimum atomic E-state index is -0.683. The Balaban J connectivity index is 2.36. The smallest absolute Gasteiger partial charge is 0.314 e. The number of rotatable bonds is 2. The number of halogens is 1. The number of carboxylic acids is 1. The van der Waals surface area contributed by atoms with Crippen molar-refractivity contribution in [3.63, 3.8) is 0 Å². The Kier molecular flexibility index (Phi) is 1.77. The van der Waals surface area contributed by atoms with Gasteiger partial charge in [0.2, 0.25) is 0 Å². The molecule has 1 aliphatic carbocycles. The van der Waals surface area contributed by atoms with Gasteiger partial charge in [-0.3, -0.25) is 4.79 Å². The number of thiophene rings is 1. The molecule has 0 radical (unpaired) electrons. The molecule has 1 fully saturated rings. The summed E-state index contributed by atoms with van der Waals surface area (Å²) < 4.78 is 0.982. The average molecular weight is 247 g/mol. The van der Waals surface area contributed by atoms with E-state index in [4.69, 9.17) is 5.11 Å².